The molecule has 3 N–H and O–H groups in total. The molecule has 0 radical (unpaired) electrons. The lowest BCUT2D eigenvalue weighted by atomic mass is 10.3. The fraction of sp³-hybridized carbons (Fsp3) is 0.143. The quantitative estimate of drug-likeness (QED) is 0.802. The van der Waals surface area contributed by atoms with Gasteiger partial charge in [0.25, 0.3) is 16.0 Å². The van der Waals surface area contributed by atoms with Crippen LogP contribution in [0.3, 0.4) is 0 Å². The van der Waals surface area contributed by atoms with Crippen molar-refractivity contribution < 1.29 is 17.2 Å². The van der Waals surface area contributed by atoms with Gasteiger partial charge in [-0.2, -0.15) is 17.2 Å². The molecule has 0 aromatic heterocycles. The Bertz CT molecular complexity index is 419. The summed E-state index contributed by atoms with van der Waals surface area (Å²) < 4.78 is 47.1. The topological polar surface area (TPSA) is 72.2 Å². The molecule has 0 saturated heterocycles. The number of rotatable bonds is 4. The average molecular weight is 254 g/mol. The average Bonchev–Trinajstić information content (AvgIpc) is 2.05. The first-order valence-electron chi connectivity index (χ1n) is 3.72. The summed E-state index contributed by atoms with van der Waals surface area (Å²) >= 11 is 0.383. The van der Waals surface area contributed by atoms with E-state index in [9.17, 15) is 17.2 Å². The van der Waals surface area contributed by atoms with Crippen molar-refractivity contribution >= 4 is 27.7 Å². The third-order valence-electron chi connectivity index (χ3n) is 1.34. The van der Waals surface area contributed by atoms with Gasteiger partial charge in [0.1, 0.15) is 0 Å². The van der Waals surface area contributed by atoms with Crippen LogP contribution in [0.25, 0.3) is 0 Å². The molecular weight excluding hydrogens is 246 g/mol. The van der Waals surface area contributed by atoms with Crippen molar-refractivity contribution in [2.45, 2.75) is 10.7 Å². The molecule has 0 aliphatic heterocycles. The van der Waals surface area contributed by atoms with E-state index in [4.69, 9.17) is 5.14 Å². The minimum atomic E-state index is -3.82. The van der Waals surface area contributed by atoms with Crippen molar-refractivity contribution in [2.75, 3.05) is 4.72 Å². The Morgan fingerprint density at radius 3 is 2.20 bits per heavy atom. The molecule has 84 valence electrons. The van der Waals surface area contributed by atoms with Crippen molar-refractivity contribution in [3.8, 4) is 0 Å². The van der Waals surface area contributed by atoms with Crippen molar-refractivity contribution in [1.29, 1.82) is 0 Å². The zero-order valence-corrected chi connectivity index (χ0v) is 8.99. The van der Waals surface area contributed by atoms with Crippen LogP contribution in [0.5, 0.6) is 0 Å². The number of thioether (sulfide) groups is 1. The van der Waals surface area contributed by atoms with Gasteiger partial charge in [-0.1, -0.05) is 11.8 Å². The van der Waals surface area contributed by atoms with Gasteiger partial charge in [-0.3, -0.25) is 4.72 Å². The molecule has 0 unspecified atom stereocenters. The molecule has 0 aliphatic carbocycles. The molecular formula is C7H8F2N2O2S2. The van der Waals surface area contributed by atoms with E-state index >= 15 is 0 Å². The van der Waals surface area contributed by atoms with E-state index in [0.29, 0.717) is 16.7 Å². The molecule has 0 amide bonds. The SMILES string of the molecule is NS(=O)(=O)Nc1ccc(SC(F)F)cc1. The van der Waals surface area contributed by atoms with E-state index in [1.165, 1.54) is 24.3 Å². The summed E-state index contributed by atoms with van der Waals surface area (Å²) in [7, 11) is -3.82. The minimum Gasteiger partial charge on any atom is -0.271 e. The summed E-state index contributed by atoms with van der Waals surface area (Å²) in [5.74, 6) is -2.50. The van der Waals surface area contributed by atoms with E-state index in [-0.39, 0.29) is 5.69 Å². The van der Waals surface area contributed by atoms with Crippen LogP contribution in [0.1, 0.15) is 0 Å². The molecule has 0 spiro atoms. The molecule has 0 aliphatic rings. The lowest BCUT2D eigenvalue weighted by Crippen LogP contribution is -2.21. The summed E-state index contributed by atoms with van der Waals surface area (Å²) in [6.45, 7) is 0. The number of nitrogens with one attached hydrogen (secondary N) is 1. The highest BCUT2D eigenvalue weighted by Crippen LogP contribution is 2.26. The van der Waals surface area contributed by atoms with Crippen molar-refractivity contribution in [3.05, 3.63) is 24.3 Å². The molecule has 1 aromatic carbocycles. The van der Waals surface area contributed by atoms with Crippen LogP contribution in [0.4, 0.5) is 14.5 Å². The monoisotopic (exact) mass is 254 g/mol. The van der Waals surface area contributed by atoms with Gasteiger partial charge >= 0.3 is 0 Å². The fourth-order valence-electron chi connectivity index (χ4n) is 0.869. The predicted octanol–water partition coefficient (Wildman–Crippen LogP) is 1.62. The number of hydrogen-bond donors (Lipinski definition) is 2. The van der Waals surface area contributed by atoms with Crippen LogP contribution < -0.4 is 9.86 Å². The maximum absolute atomic E-state index is 11.9. The van der Waals surface area contributed by atoms with Crippen LogP contribution in [-0.4, -0.2) is 14.2 Å². The molecule has 1 aromatic rings. The Morgan fingerprint density at radius 2 is 1.80 bits per heavy atom. The second kappa shape index (κ2) is 4.77. The van der Waals surface area contributed by atoms with Gasteiger partial charge in [-0.15, -0.1) is 0 Å². The number of hydrogen-bond acceptors (Lipinski definition) is 3. The Labute approximate surface area is 90.0 Å². The van der Waals surface area contributed by atoms with E-state index in [1.807, 2.05) is 4.72 Å². The highest BCUT2D eigenvalue weighted by molar-refractivity contribution is 7.99. The molecule has 0 heterocycles. The zero-order valence-electron chi connectivity index (χ0n) is 7.35. The lowest BCUT2D eigenvalue weighted by molar-refractivity contribution is 0.252. The molecule has 0 fully saturated rings. The maximum Gasteiger partial charge on any atom is 0.296 e. The first-order valence-corrected chi connectivity index (χ1v) is 6.15. The lowest BCUT2D eigenvalue weighted by Gasteiger charge is -2.04. The van der Waals surface area contributed by atoms with Crippen molar-refractivity contribution in [2.24, 2.45) is 5.14 Å². The number of anilines is 1. The first kappa shape index (κ1) is 12.2. The number of nitrogens with two attached hydrogens (primary N) is 1. The molecule has 8 heteroatoms. The van der Waals surface area contributed by atoms with Crippen LogP contribution in [0, 0.1) is 0 Å². The standard InChI is InChI=1S/C7H8F2N2O2S2/c8-7(9)14-6-3-1-5(2-4-6)11-15(10,12)13/h1-4,7,11H,(H2,10,12,13). The largest absolute Gasteiger partial charge is 0.296 e. The normalized spacial score (nSPS) is 11.7. The Kier molecular flexibility index (Phi) is 3.89. The second-order valence-electron chi connectivity index (χ2n) is 2.55. The molecule has 4 nitrogen and oxygen atoms in total. The van der Waals surface area contributed by atoms with Crippen LogP contribution in [0.15, 0.2) is 29.2 Å². The van der Waals surface area contributed by atoms with Crippen molar-refractivity contribution in [1.82, 2.24) is 0 Å². The van der Waals surface area contributed by atoms with Gasteiger partial charge < -0.3 is 0 Å². The summed E-state index contributed by atoms with van der Waals surface area (Å²) in [4.78, 5) is 0.352. The first-order chi connectivity index (χ1) is 6.87. The van der Waals surface area contributed by atoms with Crippen LogP contribution in [0.2, 0.25) is 0 Å². The zero-order chi connectivity index (χ0) is 11.5. The van der Waals surface area contributed by atoms with Gasteiger partial charge in [0.05, 0.1) is 0 Å². The number of halogens is 2. The highest BCUT2D eigenvalue weighted by Gasteiger charge is 2.06. The van der Waals surface area contributed by atoms with Gasteiger partial charge in [0, 0.05) is 10.6 Å². The van der Waals surface area contributed by atoms with Crippen molar-refractivity contribution in [3.63, 3.8) is 0 Å². The van der Waals surface area contributed by atoms with E-state index in [2.05, 4.69) is 0 Å². The Morgan fingerprint density at radius 1 is 1.27 bits per heavy atom. The van der Waals surface area contributed by atoms with E-state index in [0.717, 1.165) is 0 Å². The van der Waals surface area contributed by atoms with E-state index < -0.39 is 16.0 Å². The fourth-order valence-corrected chi connectivity index (χ4v) is 1.83. The molecule has 0 saturated carbocycles. The second-order valence-corrected chi connectivity index (χ2v) is 4.91. The van der Waals surface area contributed by atoms with Gasteiger partial charge in [0.2, 0.25) is 0 Å². The van der Waals surface area contributed by atoms with E-state index in [1.54, 1.807) is 0 Å². The molecule has 15 heavy (non-hydrogen) atoms. The Balaban J connectivity index is 2.73. The number of alkyl halides is 2. The summed E-state index contributed by atoms with van der Waals surface area (Å²) in [6, 6.07) is 5.47. The minimum absolute atomic E-state index is 0.233. The third kappa shape index (κ3) is 4.96. The van der Waals surface area contributed by atoms with Crippen LogP contribution >= 0.6 is 11.8 Å². The number of benzene rings is 1. The third-order valence-corrected chi connectivity index (χ3v) is 2.58. The maximum atomic E-state index is 11.9. The van der Waals surface area contributed by atoms with Gasteiger partial charge in [-0.05, 0) is 24.3 Å². The Hall–Kier alpha value is -0.860. The summed E-state index contributed by atoms with van der Waals surface area (Å²) in [5.41, 5.74) is 0.233. The smallest absolute Gasteiger partial charge is 0.271 e. The van der Waals surface area contributed by atoms with Gasteiger partial charge in [-0.25, -0.2) is 5.14 Å². The van der Waals surface area contributed by atoms with Gasteiger partial charge in [0.15, 0.2) is 0 Å². The molecule has 1 rings (SSSR count). The predicted molar refractivity (Wildman–Crippen MR) is 55.0 cm³/mol. The summed E-state index contributed by atoms with van der Waals surface area (Å²) in [6.07, 6.45) is 0. The molecule has 0 atom stereocenters. The summed E-state index contributed by atoms with van der Waals surface area (Å²) in [5, 5.41) is 4.72. The highest BCUT2D eigenvalue weighted by atomic mass is 32.2. The van der Waals surface area contributed by atoms with Crippen LogP contribution in [-0.2, 0) is 10.2 Å². The molecule has 0 bridgehead atoms.